The molecule has 5 nitrogen and oxygen atoms in total. The number of rotatable bonds is 3. The van der Waals surface area contributed by atoms with Crippen LogP contribution in [0.4, 0.5) is 5.82 Å². The number of aromatic nitrogens is 1. The monoisotopic (exact) mass is 346 g/mol. The van der Waals surface area contributed by atoms with Crippen molar-refractivity contribution >= 4 is 11.7 Å². The lowest BCUT2D eigenvalue weighted by molar-refractivity contribution is -0.133. The van der Waals surface area contributed by atoms with E-state index in [2.05, 4.69) is 47.1 Å². The molecule has 0 radical (unpaired) electrons. The molecule has 0 unspecified atom stereocenters. The molecule has 0 spiro atoms. The number of aryl methyl sites for hydroxylation is 1. The zero-order valence-corrected chi connectivity index (χ0v) is 14.9. The molecule has 5 heteroatoms. The molecule has 26 heavy (non-hydrogen) atoms. The maximum Gasteiger partial charge on any atom is 0.226 e. The van der Waals surface area contributed by atoms with Gasteiger partial charge in [-0.1, -0.05) is 24.3 Å². The average molecular weight is 346 g/mol. The predicted molar refractivity (Wildman–Crippen MR) is 99.8 cm³/mol. The van der Waals surface area contributed by atoms with Gasteiger partial charge in [-0.3, -0.25) is 4.79 Å². The molecule has 0 bridgehead atoms. The van der Waals surface area contributed by atoms with E-state index in [1.165, 1.54) is 11.1 Å². The Kier molecular flexibility index (Phi) is 4.34. The number of nitriles is 1. The van der Waals surface area contributed by atoms with E-state index in [1.54, 1.807) is 12.3 Å². The number of nitrogens with zero attached hydrogens (tertiary/aromatic N) is 4. The molecule has 1 aliphatic carbocycles. The van der Waals surface area contributed by atoms with Crippen molar-refractivity contribution in [3.8, 4) is 6.07 Å². The van der Waals surface area contributed by atoms with E-state index in [0.717, 1.165) is 38.4 Å². The van der Waals surface area contributed by atoms with Crippen LogP contribution >= 0.6 is 0 Å². The van der Waals surface area contributed by atoms with Crippen molar-refractivity contribution in [3.05, 3.63) is 59.3 Å². The number of hydrogen-bond acceptors (Lipinski definition) is 4. The Morgan fingerprint density at radius 3 is 2.58 bits per heavy atom. The minimum Gasteiger partial charge on any atom is -0.353 e. The molecule has 2 atom stereocenters. The van der Waals surface area contributed by atoms with Gasteiger partial charge >= 0.3 is 0 Å². The van der Waals surface area contributed by atoms with Gasteiger partial charge in [-0.05, 0) is 42.5 Å². The second kappa shape index (κ2) is 6.80. The van der Waals surface area contributed by atoms with Crippen molar-refractivity contribution in [2.45, 2.75) is 19.3 Å². The largest absolute Gasteiger partial charge is 0.353 e. The highest BCUT2D eigenvalue weighted by Crippen LogP contribution is 2.49. The van der Waals surface area contributed by atoms with E-state index in [1.807, 2.05) is 11.0 Å². The lowest BCUT2D eigenvalue weighted by atomic mass is 10.0. The van der Waals surface area contributed by atoms with Crippen molar-refractivity contribution in [3.63, 3.8) is 0 Å². The van der Waals surface area contributed by atoms with E-state index in [0.29, 0.717) is 17.4 Å². The smallest absolute Gasteiger partial charge is 0.226 e. The minimum atomic E-state index is 0.149. The molecule has 1 amide bonds. The molecule has 2 aliphatic rings. The quantitative estimate of drug-likeness (QED) is 0.857. The zero-order chi connectivity index (χ0) is 18.1. The summed E-state index contributed by atoms with van der Waals surface area (Å²) in [5, 5.41) is 8.87. The first kappa shape index (κ1) is 16.6. The van der Waals surface area contributed by atoms with Crippen molar-refractivity contribution in [2.75, 3.05) is 31.1 Å². The van der Waals surface area contributed by atoms with Crippen LogP contribution in [0.2, 0.25) is 0 Å². The SMILES string of the molecule is Cc1ccccc1[C@@H]1C[C@H]1C(=O)N1CCN(c2ccc(C#N)cn2)CC1. The molecule has 1 saturated carbocycles. The summed E-state index contributed by atoms with van der Waals surface area (Å²) in [4.78, 5) is 21.4. The first-order valence-corrected chi connectivity index (χ1v) is 9.13. The van der Waals surface area contributed by atoms with Crippen LogP contribution < -0.4 is 4.90 Å². The molecular weight excluding hydrogens is 324 g/mol. The van der Waals surface area contributed by atoms with Crippen LogP contribution in [0, 0.1) is 24.2 Å². The number of piperazine rings is 1. The topological polar surface area (TPSA) is 60.2 Å². The fraction of sp³-hybridized carbons (Fsp3) is 0.381. The minimum absolute atomic E-state index is 0.149. The third kappa shape index (κ3) is 3.15. The van der Waals surface area contributed by atoms with Gasteiger partial charge in [0.25, 0.3) is 0 Å². The highest BCUT2D eigenvalue weighted by atomic mass is 16.2. The summed E-state index contributed by atoms with van der Waals surface area (Å²) in [6.07, 6.45) is 2.57. The van der Waals surface area contributed by atoms with Gasteiger partial charge in [0.1, 0.15) is 11.9 Å². The van der Waals surface area contributed by atoms with Crippen molar-refractivity contribution in [1.29, 1.82) is 5.26 Å². The number of hydrogen-bond donors (Lipinski definition) is 0. The van der Waals surface area contributed by atoms with E-state index in [-0.39, 0.29) is 5.92 Å². The summed E-state index contributed by atoms with van der Waals surface area (Å²) in [5.41, 5.74) is 3.18. The predicted octanol–water partition coefficient (Wildman–Crippen LogP) is 2.71. The Bertz CT molecular complexity index is 847. The molecule has 1 aromatic heterocycles. The summed E-state index contributed by atoms with van der Waals surface area (Å²) in [7, 11) is 0. The van der Waals surface area contributed by atoms with Crippen LogP contribution in [0.3, 0.4) is 0 Å². The van der Waals surface area contributed by atoms with Crippen molar-refractivity contribution < 1.29 is 4.79 Å². The summed E-state index contributed by atoms with van der Waals surface area (Å²) in [5.74, 6) is 1.71. The van der Waals surface area contributed by atoms with Crippen LogP contribution in [0.25, 0.3) is 0 Å². The summed E-state index contributed by atoms with van der Waals surface area (Å²) in [6.45, 7) is 5.16. The van der Waals surface area contributed by atoms with Gasteiger partial charge in [0, 0.05) is 38.3 Å². The molecular formula is C21H22N4O. The van der Waals surface area contributed by atoms with Gasteiger partial charge in [0.15, 0.2) is 0 Å². The molecule has 1 aliphatic heterocycles. The Hall–Kier alpha value is -2.87. The van der Waals surface area contributed by atoms with Crippen LogP contribution in [-0.2, 0) is 4.79 Å². The first-order valence-electron chi connectivity index (χ1n) is 9.13. The molecule has 2 aromatic rings. The number of benzene rings is 1. The zero-order valence-electron chi connectivity index (χ0n) is 14.9. The number of anilines is 1. The van der Waals surface area contributed by atoms with Crippen LogP contribution in [-0.4, -0.2) is 42.0 Å². The Balaban J connectivity index is 1.34. The first-order chi connectivity index (χ1) is 12.7. The van der Waals surface area contributed by atoms with Crippen LogP contribution in [0.1, 0.15) is 29.0 Å². The third-order valence-corrected chi connectivity index (χ3v) is 5.49. The molecule has 2 fully saturated rings. The van der Waals surface area contributed by atoms with Gasteiger partial charge in [0.2, 0.25) is 5.91 Å². The maximum absolute atomic E-state index is 12.8. The fourth-order valence-corrected chi connectivity index (χ4v) is 3.84. The Morgan fingerprint density at radius 1 is 1.15 bits per heavy atom. The summed E-state index contributed by atoms with van der Waals surface area (Å²) >= 11 is 0. The van der Waals surface area contributed by atoms with Crippen molar-refractivity contribution in [2.24, 2.45) is 5.92 Å². The average Bonchev–Trinajstić information content (AvgIpc) is 3.48. The highest BCUT2D eigenvalue weighted by Gasteiger charge is 2.46. The standard InChI is InChI=1S/C21H22N4O/c1-15-4-2-3-5-17(15)18-12-19(18)21(26)25-10-8-24(9-11-25)20-7-6-16(13-22)14-23-20/h2-7,14,18-19H,8-12H2,1H3/t18-,19+/m0/s1. The Morgan fingerprint density at radius 2 is 1.92 bits per heavy atom. The Labute approximate surface area is 153 Å². The van der Waals surface area contributed by atoms with Crippen molar-refractivity contribution in [1.82, 2.24) is 9.88 Å². The molecule has 1 aromatic carbocycles. The summed E-state index contributed by atoms with van der Waals surface area (Å²) < 4.78 is 0. The number of pyridine rings is 1. The molecule has 132 valence electrons. The normalized spacial score (nSPS) is 22.0. The number of carbonyl (C=O) groups excluding carboxylic acids is 1. The number of carbonyl (C=O) groups is 1. The highest BCUT2D eigenvalue weighted by molar-refractivity contribution is 5.83. The lowest BCUT2D eigenvalue weighted by Gasteiger charge is -2.35. The van der Waals surface area contributed by atoms with E-state index in [9.17, 15) is 4.79 Å². The van der Waals surface area contributed by atoms with Crippen LogP contribution in [0.5, 0.6) is 0 Å². The molecule has 0 N–H and O–H groups in total. The van der Waals surface area contributed by atoms with Gasteiger partial charge in [0.05, 0.1) is 5.56 Å². The lowest BCUT2D eigenvalue weighted by Crippen LogP contribution is -2.49. The van der Waals surface area contributed by atoms with E-state index >= 15 is 0 Å². The molecule has 1 saturated heterocycles. The number of amides is 1. The third-order valence-electron chi connectivity index (χ3n) is 5.49. The van der Waals surface area contributed by atoms with E-state index in [4.69, 9.17) is 5.26 Å². The second-order valence-corrected chi connectivity index (χ2v) is 7.13. The van der Waals surface area contributed by atoms with Gasteiger partial charge in [-0.25, -0.2) is 4.98 Å². The maximum atomic E-state index is 12.8. The summed E-state index contributed by atoms with van der Waals surface area (Å²) in [6, 6.07) is 14.1. The van der Waals surface area contributed by atoms with Gasteiger partial charge in [-0.2, -0.15) is 5.26 Å². The van der Waals surface area contributed by atoms with Gasteiger partial charge in [-0.15, -0.1) is 0 Å². The molecule has 4 rings (SSSR count). The molecule has 2 heterocycles. The van der Waals surface area contributed by atoms with E-state index < -0.39 is 0 Å². The fourth-order valence-electron chi connectivity index (χ4n) is 3.84. The van der Waals surface area contributed by atoms with Gasteiger partial charge < -0.3 is 9.80 Å². The second-order valence-electron chi connectivity index (χ2n) is 7.13. The van der Waals surface area contributed by atoms with Crippen LogP contribution in [0.15, 0.2) is 42.6 Å².